The number of hydrogen-bond acceptors (Lipinski definition) is 5. The molecule has 31 heavy (non-hydrogen) atoms. The maximum absolute atomic E-state index is 14.9. The summed E-state index contributed by atoms with van der Waals surface area (Å²) in [7, 11) is 0. The summed E-state index contributed by atoms with van der Waals surface area (Å²) in [5.41, 5.74) is -0.475. The zero-order chi connectivity index (χ0) is 22.0. The molecule has 2 N–H and O–H groups in total. The van der Waals surface area contributed by atoms with Crippen LogP contribution in [0.25, 0.3) is 0 Å². The van der Waals surface area contributed by atoms with Crippen LogP contribution in [0.5, 0.6) is 0 Å². The van der Waals surface area contributed by atoms with Gasteiger partial charge in [-0.2, -0.15) is 18.3 Å². The van der Waals surface area contributed by atoms with E-state index in [1.54, 1.807) is 0 Å². The van der Waals surface area contributed by atoms with Crippen LogP contribution in [0, 0.1) is 5.82 Å². The lowest BCUT2D eigenvalue weighted by Crippen LogP contribution is -2.33. The molecule has 0 saturated carbocycles. The van der Waals surface area contributed by atoms with Crippen LogP contribution in [-0.4, -0.2) is 40.8 Å². The first-order chi connectivity index (χ1) is 14.8. The Balaban J connectivity index is 1.72. The average Bonchev–Trinajstić information content (AvgIpc) is 3.29. The van der Waals surface area contributed by atoms with Gasteiger partial charge in [-0.1, -0.05) is 6.07 Å². The molecule has 0 spiro atoms. The van der Waals surface area contributed by atoms with Crippen molar-refractivity contribution in [2.75, 3.05) is 24.6 Å². The van der Waals surface area contributed by atoms with Crippen molar-refractivity contribution >= 4 is 17.3 Å². The van der Waals surface area contributed by atoms with Crippen LogP contribution in [-0.2, 0) is 10.9 Å². The minimum Gasteiger partial charge on any atom is -0.371 e. The summed E-state index contributed by atoms with van der Waals surface area (Å²) in [6.45, 7) is 1.55. The molecule has 0 radical (unpaired) electrons. The monoisotopic (exact) mass is 435 g/mol. The molecule has 1 saturated heterocycles. The molecule has 1 aromatic carbocycles. The molecule has 162 valence electrons. The molecular weight excluding hydrogens is 418 g/mol. The van der Waals surface area contributed by atoms with Gasteiger partial charge in [-0.05, 0) is 24.3 Å². The second kappa shape index (κ2) is 8.44. The first-order valence-electron chi connectivity index (χ1n) is 9.33. The fourth-order valence-electron chi connectivity index (χ4n) is 3.25. The predicted molar refractivity (Wildman–Crippen MR) is 102 cm³/mol. The number of ether oxygens (including phenoxy) is 1. The lowest BCUT2D eigenvalue weighted by molar-refractivity contribution is -0.141. The number of anilines is 2. The van der Waals surface area contributed by atoms with Crippen molar-refractivity contribution in [1.29, 1.82) is 0 Å². The molecule has 1 atom stereocenters. The van der Waals surface area contributed by atoms with Gasteiger partial charge in [0, 0.05) is 24.8 Å². The van der Waals surface area contributed by atoms with Crippen molar-refractivity contribution in [2.24, 2.45) is 0 Å². The zero-order valence-corrected chi connectivity index (χ0v) is 16.0. The van der Waals surface area contributed by atoms with E-state index >= 15 is 0 Å². The van der Waals surface area contributed by atoms with Gasteiger partial charge in [0.15, 0.2) is 0 Å². The highest BCUT2D eigenvalue weighted by Gasteiger charge is 2.33. The Bertz CT molecular complexity index is 1050. The first kappa shape index (κ1) is 20.9. The molecule has 3 heterocycles. The number of pyridine rings is 1. The van der Waals surface area contributed by atoms with Gasteiger partial charge < -0.3 is 10.1 Å². The summed E-state index contributed by atoms with van der Waals surface area (Å²) in [6, 6.07) is 6.01. The maximum atomic E-state index is 14.9. The average molecular weight is 435 g/mol. The Labute approximate surface area is 174 Å². The third-order valence-electron chi connectivity index (χ3n) is 4.76. The lowest BCUT2D eigenvalue weighted by atomic mass is 10.1. The van der Waals surface area contributed by atoms with Crippen LogP contribution in [0.1, 0.15) is 27.7 Å². The molecule has 1 amide bonds. The van der Waals surface area contributed by atoms with E-state index in [1.807, 2.05) is 0 Å². The number of morpholine rings is 1. The SMILES string of the molecule is O=C(c1cn[nH]c1)N(c1ccc(C(F)(F)F)nc1)c1ccc([C@H]2CNCCO2)c(F)c1. The van der Waals surface area contributed by atoms with E-state index in [1.165, 1.54) is 24.5 Å². The summed E-state index contributed by atoms with van der Waals surface area (Å²) in [4.78, 5) is 17.5. The van der Waals surface area contributed by atoms with Crippen molar-refractivity contribution < 1.29 is 27.1 Å². The molecule has 1 aliphatic heterocycles. The second-order valence-electron chi connectivity index (χ2n) is 6.80. The minimum atomic E-state index is -4.63. The number of amides is 1. The Morgan fingerprint density at radius 1 is 1.16 bits per heavy atom. The topological polar surface area (TPSA) is 83.1 Å². The zero-order valence-electron chi connectivity index (χ0n) is 16.0. The number of aromatic nitrogens is 3. The number of halogens is 4. The number of hydrogen-bond donors (Lipinski definition) is 2. The molecule has 4 rings (SSSR count). The minimum absolute atomic E-state index is 0.0435. The van der Waals surface area contributed by atoms with Crippen LogP contribution in [0.2, 0.25) is 0 Å². The highest BCUT2D eigenvalue weighted by atomic mass is 19.4. The Morgan fingerprint density at radius 2 is 1.97 bits per heavy atom. The molecule has 1 fully saturated rings. The number of H-pyrrole nitrogens is 1. The van der Waals surface area contributed by atoms with Gasteiger partial charge >= 0.3 is 6.18 Å². The van der Waals surface area contributed by atoms with Crippen LogP contribution < -0.4 is 10.2 Å². The Morgan fingerprint density at radius 3 is 2.55 bits per heavy atom. The number of alkyl halides is 3. The second-order valence-corrected chi connectivity index (χ2v) is 6.80. The normalized spacial score (nSPS) is 16.8. The Hall–Kier alpha value is -3.31. The van der Waals surface area contributed by atoms with Gasteiger partial charge in [-0.25, -0.2) is 9.37 Å². The number of nitrogens with zero attached hydrogens (tertiary/aromatic N) is 3. The number of carbonyl (C=O) groups is 1. The molecule has 0 aliphatic carbocycles. The number of benzene rings is 1. The van der Waals surface area contributed by atoms with Crippen molar-refractivity contribution in [3.63, 3.8) is 0 Å². The molecule has 0 bridgehead atoms. The highest BCUT2D eigenvalue weighted by molar-refractivity contribution is 6.10. The maximum Gasteiger partial charge on any atom is 0.433 e. The first-order valence-corrected chi connectivity index (χ1v) is 9.33. The third-order valence-corrected chi connectivity index (χ3v) is 4.76. The number of rotatable bonds is 4. The highest BCUT2D eigenvalue weighted by Crippen LogP contribution is 2.33. The van der Waals surface area contributed by atoms with Gasteiger partial charge in [0.1, 0.15) is 11.5 Å². The van der Waals surface area contributed by atoms with E-state index < -0.39 is 29.7 Å². The predicted octanol–water partition coefficient (Wildman–Crippen LogP) is 3.60. The van der Waals surface area contributed by atoms with Crippen LogP contribution in [0.4, 0.5) is 28.9 Å². The summed E-state index contributed by atoms with van der Waals surface area (Å²) in [5.74, 6) is -1.21. The van der Waals surface area contributed by atoms with Gasteiger partial charge in [-0.15, -0.1) is 0 Å². The fourth-order valence-corrected chi connectivity index (χ4v) is 3.25. The largest absolute Gasteiger partial charge is 0.433 e. The molecule has 3 aromatic rings. The lowest BCUT2D eigenvalue weighted by Gasteiger charge is -2.26. The summed E-state index contributed by atoms with van der Waals surface area (Å²) >= 11 is 0. The number of carbonyl (C=O) groups excluding carboxylic acids is 1. The van der Waals surface area contributed by atoms with Crippen LogP contribution in [0.15, 0.2) is 48.9 Å². The number of aromatic amines is 1. The smallest absolute Gasteiger partial charge is 0.371 e. The standard InChI is InChI=1S/C20H17F4N5O2/c21-16-7-13(1-3-15(16)17-11-25-5-6-31-17)29(19(30)12-8-27-28-9-12)14-2-4-18(26-10-14)20(22,23)24/h1-4,7-10,17,25H,5-6,11H2,(H,27,28)/t17-/m1/s1. The number of nitrogens with one attached hydrogen (secondary N) is 2. The van der Waals surface area contributed by atoms with Crippen molar-refractivity contribution in [3.8, 4) is 0 Å². The fraction of sp³-hybridized carbons (Fsp3) is 0.250. The van der Waals surface area contributed by atoms with E-state index in [-0.39, 0.29) is 16.9 Å². The van der Waals surface area contributed by atoms with Gasteiger partial charge in [-0.3, -0.25) is 14.8 Å². The Kier molecular flexibility index (Phi) is 5.70. The molecule has 0 unspecified atom stereocenters. The molecular formula is C20H17F4N5O2. The van der Waals surface area contributed by atoms with Crippen LogP contribution in [0.3, 0.4) is 0 Å². The molecule has 1 aliphatic rings. The van der Waals surface area contributed by atoms with E-state index in [9.17, 15) is 22.4 Å². The van der Waals surface area contributed by atoms with Crippen molar-refractivity contribution in [1.82, 2.24) is 20.5 Å². The van der Waals surface area contributed by atoms with Gasteiger partial charge in [0.05, 0.1) is 42.0 Å². The third kappa shape index (κ3) is 4.42. The quantitative estimate of drug-likeness (QED) is 0.612. The van der Waals surface area contributed by atoms with Crippen molar-refractivity contribution in [2.45, 2.75) is 12.3 Å². The van der Waals surface area contributed by atoms with E-state index in [0.717, 1.165) is 29.3 Å². The van der Waals surface area contributed by atoms with E-state index in [2.05, 4.69) is 20.5 Å². The van der Waals surface area contributed by atoms with E-state index in [4.69, 9.17) is 4.74 Å². The summed E-state index contributed by atoms with van der Waals surface area (Å²) in [6.07, 6.45) is -1.59. The summed E-state index contributed by atoms with van der Waals surface area (Å²) < 4.78 is 59.1. The van der Waals surface area contributed by atoms with Crippen LogP contribution >= 0.6 is 0 Å². The van der Waals surface area contributed by atoms with E-state index in [0.29, 0.717) is 25.3 Å². The summed E-state index contributed by atoms with van der Waals surface area (Å²) in [5, 5.41) is 9.33. The molecule has 2 aromatic heterocycles. The molecule has 7 nitrogen and oxygen atoms in total. The van der Waals surface area contributed by atoms with Crippen molar-refractivity contribution in [3.05, 3.63) is 71.6 Å². The molecule has 11 heteroatoms. The van der Waals surface area contributed by atoms with Gasteiger partial charge in [0.2, 0.25) is 0 Å². The van der Waals surface area contributed by atoms with Gasteiger partial charge in [0.25, 0.3) is 5.91 Å².